The van der Waals surface area contributed by atoms with Crippen LogP contribution >= 0.6 is 0 Å². The largest absolute Gasteiger partial charge is 0.454 e. The van der Waals surface area contributed by atoms with Crippen molar-refractivity contribution in [1.29, 1.82) is 0 Å². The summed E-state index contributed by atoms with van der Waals surface area (Å²) in [4.78, 5) is 23.9. The van der Waals surface area contributed by atoms with Crippen molar-refractivity contribution in [2.75, 3.05) is 12.9 Å². The van der Waals surface area contributed by atoms with Crippen LogP contribution in [0.3, 0.4) is 0 Å². The lowest BCUT2D eigenvalue weighted by atomic mass is 10.1. The molecule has 0 unspecified atom stereocenters. The fraction of sp³-hybridized carbons (Fsp3) is 0.222. The van der Waals surface area contributed by atoms with E-state index in [2.05, 4.69) is 4.74 Å². The summed E-state index contributed by atoms with van der Waals surface area (Å²) >= 11 is 0. The Kier molecular flexibility index (Phi) is 6.62. The third-order valence-electron chi connectivity index (χ3n) is 3.35. The Hall–Kier alpha value is -2.81. The van der Waals surface area contributed by atoms with E-state index in [0.717, 1.165) is 6.26 Å². The zero-order chi connectivity index (χ0) is 20.0. The lowest BCUT2D eigenvalue weighted by Gasteiger charge is -2.07. The van der Waals surface area contributed by atoms with Crippen LogP contribution < -0.4 is 4.74 Å². The van der Waals surface area contributed by atoms with Gasteiger partial charge in [0.25, 0.3) is 0 Å². The zero-order valence-electron chi connectivity index (χ0n) is 14.2. The first-order chi connectivity index (χ1) is 12.6. The molecule has 6 nitrogen and oxygen atoms in total. The van der Waals surface area contributed by atoms with E-state index in [4.69, 9.17) is 4.74 Å². The number of alkyl halides is 2. The van der Waals surface area contributed by atoms with Crippen LogP contribution in [0.4, 0.5) is 8.78 Å². The summed E-state index contributed by atoms with van der Waals surface area (Å²) in [6.45, 7) is -3.49. The maximum absolute atomic E-state index is 12.1. The monoisotopic (exact) mass is 398 g/mol. The van der Waals surface area contributed by atoms with Crippen molar-refractivity contribution in [3.63, 3.8) is 0 Å². The molecule has 0 aromatic heterocycles. The molecule has 0 aliphatic rings. The highest BCUT2D eigenvalue weighted by Crippen LogP contribution is 2.15. The topological polar surface area (TPSA) is 86.7 Å². The number of ketones is 1. The number of ether oxygens (including phenoxy) is 2. The maximum Gasteiger partial charge on any atom is 0.387 e. The van der Waals surface area contributed by atoms with Crippen LogP contribution in [0.2, 0.25) is 0 Å². The molecule has 144 valence electrons. The van der Waals surface area contributed by atoms with Gasteiger partial charge in [-0.2, -0.15) is 8.78 Å². The van der Waals surface area contributed by atoms with Gasteiger partial charge in [-0.3, -0.25) is 4.79 Å². The smallest absolute Gasteiger partial charge is 0.387 e. The number of carbonyl (C=O) groups excluding carboxylic acids is 2. The van der Waals surface area contributed by atoms with Gasteiger partial charge in [-0.15, -0.1) is 0 Å². The van der Waals surface area contributed by atoms with Crippen molar-refractivity contribution in [1.82, 2.24) is 0 Å². The summed E-state index contributed by atoms with van der Waals surface area (Å²) in [5, 5.41) is 0. The van der Waals surface area contributed by atoms with Gasteiger partial charge in [-0.25, -0.2) is 13.2 Å². The molecule has 2 aromatic carbocycles. The summed E-state index contributed by atoms with van der Waals surface area (Å²) in [7, 11) is -3.18. The van der Waals surface area contributed by atoms with Crippen LogP contribution in [-0.4, -0.2) is 39.6 Å². The van der Waals surface area contributed by atoms with E-state index < -0.39 is 34.8 Å². The molecule has 9 heteroatoms. The third-order valence-corrected chi connectivity index (χ3v) is 4.21. The quantitative estimate of drug-likeness (QED) is 0.502. The average molecular weight is 398 g/mol. The van der Waals surface area contributed by atoms with E-state index in [1.165, 1.54) is 48.5 Å². The molecular formula is C18H16F2O6S. The van der Waals surface area contributed by atoms with Crippen LogP contribution in [0.5, 0.6) is 5.75 Å². The summed E-state index contributed by atoms with van der Waals surface area (Å²) < 4.78 is 55.7. The Labute approximate surface area is 154 Å². The van der Waals surface area contributed by atoms with Gasteiger partial charge in [0.2, 0.25) is 0 Å². The van der Waals surface area contributed by atoms with Crippen molar-refractivity contribution in [3.8, 4) is 5.75 Å². The molecule has 0 aliphatic carbocycles. The average Bonchev–Trinajstić information content (AvgIpc) is 2.59. The lowest BCUT2D eigenvalue weighted by molar-refractivity contribution is -0.0498. The molecule has 0 aliphatic heterocycles. The number of carbonyl (C=O) groups is 2. The number of sulfone groups is 1. The van der Waals surface area contributed by atoms with E-state index in [9.17, 15) is 26.8 Å². The third kappa shape index (κ3) is 6.78. The van der Waals surface area contributed by atoms with Gasteiger partial charge < -0.3 is 9.47 Å². The normalized spacial score (nSPS) is 11.3. The van der Waals surface area contributed by atoms with Crippen LogP contribution in [-0.2, 0) is 20.3 Å². The molecule has 0 bridgehead atoms. The summed E-state index contributed by atoms with van der Waals surface area (Å²) in [6.07, 6.45) is 1.10. The lowest BCUT2D eigenvalue weighted by Crippen LogP contribution is -2.14. The second-order valence-electron chi connectivity index (χ2n) is 5.67. The summed E-state index contributed by atoms with van der Waals surface area (Å²) in [5.74, 6) is -1.49. The van der Waals surface area contributed by atoms with Crippen molar-refractivity contribution < 1.29 is 36.3 Å². The number of rotatable bonds is 8. The first-order valence-corrected chi connectivity index (χ1v) is 9.72. The Morgan fingerprint density at radius 1 is 0.963 bits per heavy atom. The molecule has 27 heavy (non-hydrogen) atoms. The number of esters is 1. The van der Waals surface area contributed by atoms with E-state index in [1.807, 2.05) is 0 Å². The molecule has 0 radical (unpaired) electrons. The minimum atomic E-state index is -3.18. The van der Waals surface area contributed by atoms with Crippen LogP contribution in [0.15, 0.2) is 48.5 Å². The van der Waals surface area contributed by atoms with E-state index in [1.54, 1.807) is 0 Å². The van der Waals surface area contributed by atoms with Gasteiger partial charge in [0.1, 0.15) is 5.75 Å². The first kappa shape index (κ1) is 20.5. The molecule has 0 atom stereocenters. The molecular weight excluding hydrogens is 382 g/mol. The van der Waals surface area contributed by atoms with Gasteiger partial charge in [0, 0.05) is 11.8 Å². The van der Waals surface area contributed by atoms with E-state index in [0.29, 0.717) is 5.56 Å². The highest BCUT2D eigenvalue weighted by atomic mass is 32.2. The number of Topliss-reactive ketones (excluding diaryl/α,β-unsaturated/α-hetero) is 1. The predicted octanol–water partition coefficient (Wildman–Crippen LogP) is 2.87. The Balaban J connectivity index is 1.91. The predicted molar refractivity (Wildman–Crippen MR) is 92.7 cm³/mol. The summed E-state index contributed by atoms with van der Waals surface area (Å²) in [5.41, 5.74) is 0.866. The Morgan fingerprint density at radius 3 is 2.04 bits per heavy atom. The fourth-order valence-electron chi connectivity index (χ4n) is 2.16. The maximum atomic E-state index is 12.1. The van der Waals surface area contributed by atoms with Gasteiger partial charge in [-0.1, -0.05) is 12.1 Å². The molecule has 2 rings (SSSR count). The minimum Gasteiger partial charge on any atom is -0.454 e. The SMILES string of the molecule is CS(=O)(=O)Cc1ccc(C(=O)OCC(=O)c2ccc(OC(F)F)cc2)cc1. The molecule has 0 heterocycles. The standard InChI is InChI=1S/C18H16F2O6S/c1-27(23,24)11-12-2-4-14(5-3-12)17(22)25-10-16(21)13-6-8-15(9-7-13)26-18(19)20/h2-9,18H,10-11H2,1H3. The highest BCUT2D eigenvalue weighted by molar-refractivity contribution is 7.89. The van der Waals surface area contributed by atoms with E-state index >= 15 is 0 Å². The van der Waals surface area contributed by atoms with Crippen LogP contribution in [0.1, 0.15) is 26.3 Å². The molecule has 0 saturated carbocycles. The molecule has 0 fully saturated rings. The fourth-order valence-corrected chi connectivity index (χ4v) is 2.96. The second-order valence-corrected chi connectivity index (χ2v) is 7.81. The van der Waals surface area contributed by atoms with Gasteiger partial charge in [0.05, 0.1) is 11.3 Å². The van der Waals surface area contributed by atoms with Gasteiger partial charge >= 0.3 is 12.6 Å². The molecule has 0 N–H and O–H groups in total. The molecule has 2 aromatic rings. The van der Waals surface area contributed by atoms with Gasteiger partial charge in [0.15, 0.2) is 22.2 Å². The number of halogens is 2. The molecule has 0 amide bonds. The van der Waals surface area contributed by atoms with Gasteiger partial charge in [-0.05, 0) is 42.0 Å². The van der Waals surface area contributed by atoms with Crippen LogP contribution in [0.25, 0.3) is 0 Å². The first-order valence-electron chi connectivity index (χ1n) is 7.66. The summed E-state index contributed by atoms with van der Waals surface area (Å²) in [6, 6.07) is 10.8. The van der Waals surface area contributed by atoms with Crippen molar-refractivity contribution in [2.45, 2.75) is 12.4 Å². The van der Waals surface area contributed by atoms with Crippen molar-refractivity contribution in [3.05, 3.63) is 65.2 Å². The van der Waals surface area contributed by atoms with E-state index in [-0.39, 0.29) is 22.6 Å². The second kappa shape index (κ2) is 8.72. The Bertz CT molecular complexity index is 906. The number of hydrogen-bond acceptors (Lipinski definition) is 6. The number of hydrogen-bond donors (Lipinski definition) is 0. The highest BCUT2D eigenvalue weighted by Gasteiger charge is 2.13. The Morgan fingerprint density at radius 2 is 1.52 bits per heavy atom. The van der Waals surface area contributed by atoms with Crippen molar-refractivity contribution >= 4 is 21.6 Å². The molecule has 0 spiro atoms. The number of benzene rings is 2. The minimum absolute atomic E-state index is 0.0901. The molecule has 0 saturated heterocycles. The zero-order valence-corrected chi connectivity index (χ0v) is 15.0. The van der Waals surface area contributed by atoms with Crippen molar-refractivity contribution in [2.24, 2.45) is 0 Å². The van der Waals surface area contributed by atoms with Crippen LogP contribution in [0, 0.1) is 0 Å².